The van der Waals surface area contributed by atoms with Crippen LogP contribution in [0, 0.1) is 5.82 Å². The van der Waals surface area contributed by atoms with Crippen LogP contribution in [0.5, 0.6) is 5.75 Å². The van der Waals surface area contributed by atoms with Crippen LogP contribution in [0.4, 0.5) is 16.1 Å². The van der Waals surface area contributed by atoms with Crippen LogP contribution in [-0.4, -0.2) is 31.6 Å². The highest BCUT2D eigenvalue weighted by atomic mass is 32.2. The molecule has 0 aliphatic heterocycles. The number of carbonyl (C=O) groups excluding carboxylic acids is 1. The van der Waals surface area contributed by atoms with Crippen LogP contribution >= 0.6 is 0 Å². The van der Waals surface area contributed by atoms with Gasteiger partial charge >= 0.3 is 6.01 Å². The fourth-order valence-electron chi connectivity index (χ4n) is 2.81. The Balaban J connectivity index is 1.41. The lowest BCUT2D eigenvalue weighted by atomic mass is 10.2. The number of ether oxygens (including phenoxy) is 1. The van der Waals surface area contributed by atoms with E-state index in [-0.39, 0.29) is 28.1 Å². The third kappa shape index (κ3) is 5.15. The summed E-state index contributed by atoms with van der Waals surface area (Å²) in [5.41, 5.74) is 1.13. The van der Waals surface area contributed by atoms with E-state index in [4.69, 9.17) is 9.15 Å². The Bertz CT molecular complexity index is 1370. The first-order chi connectivity index (χ1) is 15.8. The molecule has 0 saturated carbocycles. The van der Waals surface area contributed by atoms with Gasteiger partial charge in [-0.15, -0.1) is 5.10 Å². The number of methoxy groups -OCH3 is 1. The van der Waals surface area contributed by atoms with E-state index in [9.17, 15) is 17.6 Å². The Morgan fingerprint density at radius 3 is 2.24 bits per heavy atom. The maximum absolute atomic E-state index is 13.0. The van der Waals surface area contributed by atoms with Crippen LogP contribution < -0.4 is 14.8 Å². The standard InChI is InChI=1S/C22H17FN4O5S/c1-31-18-10-4-15(5-11-18)21-25-26-22(32-21)24-20(28)14-2-8-17(9-3-14)27-33(29,30)19-12-6-16(23)7-13-19/h2-13,27H,1H3,(H,24,26,28). The smallest absolute Gasteiger partial charge is 0.322 e. The van der Waals surface area contributed by atoms with Crippen LogP contribution in [0.2, 0.25) is 0 Å². The molecule has 0 saturated heterocycles. The van der Waals surface area contributed by atoms with Gasteiger partial charge in [-0.2, -0.15) is 0 Å². The molecule has 33 heavy (non-hydrogen) atoms. The molecular weight excluding hydrogens is 451 g/mol. The fraction of sp³-hybridized carbons (Fsp3) is 0.0455. The highest BCUT2D eigenvalue weighted by molar-refractivity contribution is 7.92. The van der Waals surface area contributed by atoms with Crippen LogP contribution in [0.3, 0.4) is 0 Å². The largest absolute Gasteiger partial charge is 0.497 e. The monoisotopic (exact) mass is 468 g/mol. The van der Waals surface area contributed by atoms with Crippen LogP contribution in [0.25, 0.3) is 11.5 Å². The predicted molar refractivity (Wildman–Crippen MR) is 118 cm³/mol. The average molecular weight is 468 g/mol. The number of benzene rings is 3. The molecule has 1 aromatic heterocycles. The minimum atomic E-state index is -3.90. The van der Waals surface area contributed by atoms with Crippen molar-refractivity contribution in [2.45, 2.75) is 4.90 Å². The number of hydrogen-bond acceptors (Lipinski definition) is 7. The van der Waals surface area contributed by atoms with E-state index in [0.717, 1.165) is 24.3 Å². The number of halogens is 1. The second-order valence-corrected chi connectivity index (χ2v) is 8.41. The van der Waals surface area contributed by atoms with Gasteiger partial charge in [0.25, 0.3) is 15.9 Å². The molecule has 1 amide bonds. The van der Waals surface area contributed by atoms with Crippen molar-refractivity contribution in [3.05, 3.63) is 84.2 Å². The molecule has 4 aromatic rings. The number of nitrogens with zero attached hydrogens (tertiary/aromatic N) is 2. The lowest BCUT2D eigenvalue weighted by Crippen LogP contribution is -2.14. The third-order valence-corrected chi connectivity index (χ3v) is 5.90. The molecule has 0 aliphatic carbocycles. The lowest BCUT2D eigenvalue weighted by Gasteiger charge is -2.08. The van der Waals surface area contributed by atoms with E-state index in [1.165, 1.54) is 24.3 Å². The number of aromatic nitrogens is 2. The van der Waals surface area contributed by atoms with E-state index in [0.29, 0.717) is 11.3 Å². The van der Waals surface area contributed by atoms with Crippen LogP contribution in [0.1, 0.15) is 10.4 Å². The van der Waals surface area contributed by atoms with Crippen molar-refractivity contribution in [3.8, 4) is 17.2 Å². The van der Waals surface area contributed by atoms with Crippen LogP contribution in [0.15, 0.2) is 82.1 Å². The summed E-state index contributed by atoms with van der Waals surface area (Å²) in [6, 6.07) is 17.0. The molecule has 0 atom stereocenters. The van der Waals surface area contributed by atoms with E-state index < -0.39 is 21.7 Å². The van der Waals surface area contributed by atoms with E-state index in [1.807, 2.05) is 0 Å². The Kier molecular flexibility index (Phi) is 6.05. The second kappa shape index (κ2) is 9.09. The van der Waals surface area contributed by atoms with Crippen molar-refractivity contribution in [2.24, 2.45) is 0 Å². The highest BCUT2D eigenvalue weighted by Crippen LogP contribution is 2.23. The first-order valence-corrected chi connectivity index (χ1v) is 11.0. The molecule has 1 heterocycles. The molecule has 9 nitrogen and oxygen atoms in total. The zero-order chi connectivity index (χ0) is 23.4. The molecule has 11 heteroatoms. The summed E-state index contributed by atoms with van der Waals surface area (Å²) >= 11 is 0. The van der Waals surface area contributed by atoms with Gasteiger partial charge in [0.05, 0.1) is 12.0 Å². The highest BCUT2D eigenvalue weighted by Gasteiger charge is 2.16. The van der Waals surface area contributed by atoms with E-state index >= 15 is 0 Å². The minimum Gasteiger partial charge on any atom is -0.497 e. The molecule has 4 rings (SSSR count). The number of sulfonamides is 1. The summed E-state index contributed by atoms with van der Waals surface area (Å²) in [6.45, 7) is 0. The lowest BCUT2D eigenvalue weighted by molar-refractivity contribution is 0.102. The Labute approximate surface area is 188 Å². The number of amides is 1. The minimum absolute atomic E-state index is 0.0882. The van der Waals surface area contributed by atoms with Gasteiger partial charge in [-0.1, -0.05) is 5.10 Å². The molecule has 2 N–H and O–H groups in total. The molecule has 0 radical (unpaired) electrons. The van der Waals surface area contributed by atoms with Gasteiger partial charge < -0.3 is 9.15 Å². The molecule has 0 aliphatic rings. The Hall–Kier alpha value is -4.25. The van der Waals surface area contributed by atoms with Crippen molar-refractivity contribution in [2.75, 3.05) is 17.1 Å². The maximum atomic E-state index is 13.0. The molecular formula is C22H17FN4O5S. The van der Waals surface area contributed by atoms with Crippen molar-refractivity contribution in [3.63, 3.8) is 0 Å². The van der Waals surface area contributed by atoms with Gasteiger partial charge in [0.15, 0.2) is 0 Å². The summed E-state index contributed by atoms with van der Waals surface area (Å²) in [4.78, 5) is 12.4. The van der Waals surface area contributed by atoms with E-state index in [1.54, 1.807) is 31.4 Å². The Morgan fingerprint density at radius 2 is 1.61 bits per heavy atom. The summed E-state index contributed by atoms with van der Waals surface area (Å²) in [5, 5.41) is 10.2. The van der Waals surface area contributed by atoms with Gasteiger partial charge in [-0.3, -0.25) is 14.8 Å². The number of carbonyl (C=O) groups is 1. The van der Waals surface area contributed by atoms with Crippen molar-refractivity contribution in [1.82, 2.24) is 10.2 Å². The molecule has 0 unspecified atom stereocenters. The number of rotatable bonds is 7. The SMILES string of the molecule is COc1ccc(-c2nnc(NC(=O)c3ccc(NS(=O)(=O)c4ccc(F)cc4)cc3)o2)cc1. The average Bonchev–Trinajstić information content (AvgIpc) is 3.28. The number of nitrogens with one attached hydrogen (secondary N) is 2. The topological polar surface area (TPSA) is 123 Å². The molecule has 0 fully saturated rings. The third-order valence-electron chi connectivity index (χ3n) is 4.51. The van der Waals surface area contributed by atoms with Gasteiger partial charge in [-0.25, -0.2) is 12.8 Å². The van der Waals surface area contributed by atoms with Crippen molar-refractivity contribution in [1.29, 1.82) is 0 Å². The molecule has 0 spiro atoms. The summed E-state index contributed by atoms with van der Waals surface area (Å²) < 4.78 is 50.7. The van der Waals surface area contributed by atoms with Crippen molar-refractivity contribution < 1.29 is 26.8 Å². The van der Waals surface area contributed by atoms with Gasteiger partial charge in [0.1, 0.15) is 11.6 Å². The predicted octanol–water partition coefficient (Wildman–Crippen LogP) is 3.94. The fourth-order valence-corrected chi connectivity index (χ4v) is 3.87. The number of hydrogen-bond donors (Lipinski definition) is 2. The van der Waals surface area contributed by atoms with Crippen molar-refractivity contribution >= 4 is 27.6 Å². The molecule has 3 aromatic carbocycles. The summed E-state index contributed by atoms with van der Waals surface area (Å²) in [7, 11) is -2.34. The van der Waals surface area contributed by atoms with Crippen LogP contribution in [-0.2, 0) is 10.0 Å². The van der Waals surface area contributed by atoms with Gasteiger partial charge in [0.2, 0.25) is 5.89 Å². The first kappa shape index (κ1) is 22.0. The van der Waals surface area contributed by atoms with Gasteiger partial charge in [-0.05, 0) is 72.8 Å². The van der Waals surface area contributed by atoms with Gasteiger partial charge in [0, 0.05) is 16.8 Å². The first-order valence-electron chi connectivity index (χ1n) is 9.52. The van der Waals surface area contributed by atoms with E-state index in [2.05, 4.69) is 20.2 Å². The Morgan fingerprint density at radius 1 is 0.939 bits per heavy atom. The zero-order valence-corrected chi connectivity index (χ0v) is 18.0. The second-order valence-electron chi connectivity index (χ2n) is 6.73. The molecule has 168 valence electrons. The normalized spacial score (nSPS) is 11.1. The summed E-state index contributed by atoms with van der Waals surface area (Å²) in [5.74, 6) is -0.164. The summed E-state index contributed by atoms with van der Waals surface area (Å²) in [6.07, 6.45) is 0. The molecule has 0 bridgehead atoms. The zero-order valence-electron chi connectivity index (χ0n) is 17.2. The maximum Gasteiger partial charge on any atom is 0.322 e. The quantitative estimate of drug-likeness (QED) is 0.421. The number of anilines is 2.